The van der Waals surface area contributed by atoms with Gasteiger partial charge in [0.15, 0.2) is 11.5 Å². The standard InChI is InChI=1S/C14H22N4O/c1-10(2)13(15-11(3)9-19-4)14-17-16-12-7-5-6-8-18(12)14/h5-8,10-11,13,15H,9H2,1-4H3/t11-,13-/m0/s1. The van der Waals surface area contributed by atoms with E-state index in [0.29, 0.717) is 12.5 Å². The summed E-state index contributed by atoms with van der Waals surface area (Å²) in [7, 11) is 1.72. The van der Waals surface area contributed by atoms with Gasteiger partial charge in [0.2, 0.25) is 0 Å². The average Bonchev–Trinajstić information content (AvgIpc) is 2.79. The van der Waals surface area contributed by atoms with Gasteiger partial charge in [-0.3, -0.25) is 4.40 Å². The Kier molecular flexibility index (Phi) is 4.50. The van der Waals surface area contributed by atoms with Gasteiger partial charge in [-0.15, -0.1) is 10.2 Å². The molecule has 2 aromatic heterocycles. The lowest BCUT2D eigenvalue weighted by Crippen LogP contribution is -2.37. The van der Waals surface area contributed by atoms with Gasteiger partial charge in [-0.2, -0.15) is 0 Å². The van der Waals surface area contributed by atoms with E-state index in [-0.39, 0.29) is 12.1 Å². The van der Waals surface area contributed by atoms with Gasteiger partial charge in [-0.1, -0.05) is 19.9 Å². The number of hydrogen-bond donors (Lipinski definition) is 1. The molecule has 2 atom stereocenters. The summed E-state index contributed by atoms with van der Waals surface area (Å²) in [6, 6.07) is 6.36. The third-order valence-electron chi connectivity index (χ3n) is 3.17. The monoisotopic (exact) mass is 262 g/mol. The molecule has 0 saturated carbocycles. The number of nitrogens with one attached hydrogen (secondary N) is 1. The van der Waals surface area contributed by atoms with Gasteiger partial charge in [0.1, 0.15) is 0 Å². The van der Waals surface area contributed by atoms with Crippen LogP contribution in [0.5, 0.6) is 0 Å². The van der Waals surface area contributed by atoms with Crippen LogP contribution in [0.15, 0.2) is 24.4 Å². The third-order valence-corrected chi connectivity index (χ3v) is 3.17. The Labute approximate surface area is 114 Å². The molecule has 0 fully saturated rings. The fourth-order valence-corrected chi connectivity index (χ4v) is 2.24. The Bertz CT molecular complexity index is 523. The van der Waals surface area contributed by atoms with Crippen molar-refractivity contribution in [1.29, 1.82) is 0 Å². The van der Waals surface area contributed by atoms with Crippen LogP contribution in [0.3, 0.4) is 0 Å². The van der Waals surface area contributed by atoms with Crippen LogP contribution in [0, 0.1) is 5.92 Å². The Morgan fingerprint density at radius 2 is 2.05 bits per heavy atom. The zero-order valence-corrected chi connectivity index (χ0v) is 12.0. The SMILES string of the molecule is COC[C@H](C)N[C@H](c1nnc2ccccn12)C(C)C. The lowest BCUT2D eigenvalue weighted by Gasteiger charge is -2.24. The van der Waals surface area contributed by atoms with Gasteiger partial charge in [-0.05, 0) is 25.0 Å². The molecule has 19 heavy (non-hydrogen) atoms. The van der Waals surface area contributed by atoms with Crippen LogP contribution in [0.2, 0.25) is 0 Å². The molecule has 0 aliphatic carbocycles. The molecule has 0 aromatic carbocycles. The quantitative estimate of drug-likeness (QED) is 0.865. The summed E-state index contributed by atoms with van der Waals surface area (Å²) >= 11 is 0. The molecule has 5 nitrogen and oxygen atoms in total. The highest BCUT2D eigenvalue weighted by atomic mass is 16.5. The number of fused-ring (bicyclic) bond motifs is 1. The van der Waals surface area contributed by atoms with Crippen molar-refractivity contribution in [3.05, 3.63) is 30.2 Å². The van der Waals surface area contributed by atoms with Gasteiger partial charge < -0.3 is 10.1 Å². The second-order valence-corrected chi connectivity index (χ2v) is 5.23. The van der Waals surface area contributed by atoms with Crippen molar-refractivity contribution < 1.29 is 4.74 Å². The maximum atomic E-state index is 5.18. The summed E-state index contributed by atoms with van der Waals surface area (Å²) in [6.45, 7) is 7.16. The molecule has 0 aliphatic rings. The molecule has 2 heterocycles. The first-order valence-corrected chi connectivity index (χ1v) is 6.68. The Morgan fingerprint density at radius 1 is 1.26 bits per heavy atom. The molecule has 2 rings (SSSR count). The Hall–Kier alpha value is -1.46. The summed E-state index contributed by atoms with van der Waals surface area (Å²) < 4.78 is 7.22. The van der Waals surface area contributed by atoms with Gasteiger partial charge in [0.05, 0.1) is 12.6 Å². The van der Waals surface area contributed by atoms with Crippen molar-refractivity contribution >= 4 is 5.65 Å². The van der Waals surface area contributed by atoms with Crippen LogP contribution in [-0.2, 0) is 4.74 Å². The summed E-state index contributed by atoms with van der Waals surface area (Å²) in [4.78, 5) is 0. The molecule has 0 radical (unpaired) electrons. The van der Waals surface area contributed by atoms with Crippen molar-refractivity contribution in [2.24, 2.45) is 5.92 Å². The second-order valence-electron chi connectivity index (χ2n) is 5.23. The molecule has 0 amide bonds. The fraction of sp³-hybridized carbons (Fsp3) is 0.571. The molecular formula is C14H22N4O. The maximum absolute atomic E-state index is 5.18. The van der Waals surface area contributed by atoms with Crippen LogP contribution in [0.4, 0.5) is 0 Å². The van der Waals surface area contributed by atoms with E-state index in [9.17, 15) is 0 Å². The van der Waals surface area contributed by atoms with Gasteiger partial charge in [0, 0.05) is 19.3 Å². The molecule has 0 spiro atoms. The van der Waals surface area contributed by atoms with Crippen molar-refractivity contribution in [3.63, 3.8) is 0 Å². The third kappa shape index (κ3) is 3.11. The Morgan fingerprint density at radius 3 is 2.74 bits per heavy atom. The fourth-order valence-electron chi connectivity index (χ4n) is 2.24. The molecule has 2 aromatic rings. The topological polar surface area (TPSA) is 51.5 Å². The number of hydrogen-bond acceptors (Lipinski definition) is 4. The van der Waals surface area contributed by atoms with Gasteiger partial charge >= 0.3 is 0 Å². The molecule has 0 unspecified atom stereocenters. The zero-order valence-electron chi connectivity index (χ0n) is 12.0. The average molecular weight is 262 g/mol. The van der Waals surface area contributed by atoms with Gasteiger partial charge in [-0.25, -0.2) is 0 Å². The molecule has 5 heteroatoms. The van der Waals surface area contributed by atoms with Crippen molar-refractivity contribution in [1.82, 2.24) is 19.9 Å². The highest BCUT2D eigenvalue weighted by Gasteiger charge is 2.22. The van der Waals surface area contributed by atoms with E-state index in [4.69, 9.17) is 4.74 Å². The number of aromatic nitrogens is 3. The number of ether oxygens (including phenoxy) is 1. The van der Waals surface area contributed by atoms with Gasteiger partial charge in [0.25, 0.3) is 0 Å². The summed E-state index contributed by atoms with van der Waals surface area (Å²) in [6.07, 6.45) is 2.00. The van der Waals surface area contributed by atoms with E-state index < -0.39 is 0 Å². The molecular weight excluding hydrogens is 240 g/mol. The first-order chi connectivity index (χ1) is 9.13. The van der Waals surface area contributed by atoms with Crippen LogP contribution >= 0.6 is 0 Å². The van der Waals surface area contributed by atoms with E-state index >= 15 is 0 Å². The van der Waals surface area contributed by atoms with E-state index in [2.05, 4.69) is 36.3 Å². The van der Waals surface area contributed by atoms with Crippen molar-refractivity contribution in [2.75, 3.05) is 13.7 Å². The number of methoxy groups -OCH3 is 1. The lowest BCUT2D eigenvalue weighted by atomic mass is 10.0. The minimum Gasteiger partial charge on any atom is -0.383 e. The first kappa shape index (κ1) is 14.0. The first-order valence-electron chi connectivity index (χ1n) is 6.68. The second kappa shape index (κ2) is 6.12. The minimum absolute atomic E-state index is 0.155. The summed E-state index contributed by atoms with van der Waals surface area (Å²) in [5.74, 6) is 1.38. The maximum Gasteiger partial charge on any atom is 0.160 e. The van der Waals surface area contributed by atoms with Crippen LogP contribution < -0.4 is 5.32 Å². The highest BCUT2D eigenvalue weighted by molar-refractivity contribution is 5.37. The van der Waals surface area contributed by atoms with Crippen LogP contribution in [0.25, 0.3) is 5.65 Å². The molecule has 104 valence electrons. The highest BCUT2D eigenvalue weighted by Crippen LogP contribution is 2.21. The molecule has 0 saturated heterocycles. The predicted octanol–water partition coefficient (Wildman–Crippen LogP) is 2.05. The summed E-state index contributed by atoms with van der Waals surface area (Å²) in [5.41, 5.74) is 0.879. The molecule has 1 N–H and O–H groups in total. The number of rotatable bonds is 6. The Balaban J connectivity index is 2.28. The van der Waals surface area contributed by atoms with Crippen molar-refractivity contribution in [3.8, 4) is 0 Å². The largest absolute Gasteiger partial charge is 0.383 e. The number of nitrogens with zero attached hydrogens (tertiary/aromatic N) is 3. The smallest absolute Gasteiger partial charge is 0.160 e. The van der Waals surface area contributed by atoms with Crippen molar-refractivity contribution in [2.45, 2.75) is 32.9 Å². The van der Waals surface area contributed by atoms with E-state index in [1.165, 1.54) is 0 Å². The summed E-state index contributed by atoms with van der Waals surface area (Å²) in [5, 5.41) is 12.1. The minimum atomic E-state index is 0.155. The zero-order chi connectivity index (χ0) is 13.8. The normalized spacial score (nSPS) is 15.0. The van der Waals surface area contributed by atoms with E-state index in [0.717, 1.165) is 11.5 Å². The lowest BCUT2D eigenvalue weighted by molar-refractivity contribution is 0.160. The van der Waals surface area contributed by atoms with E-state index in [1.807, 2.05) is 28.8 Å². The molecule has 0 bridgehead atoms. The van der Waals surface area contributed by atoms with Crippen LogP contribution in [0.1, 0.15) is 32.6 Å². The van der Waals surface area contributed by atoms with Crippen LogP contribution in [-0.4, -0.2) is 34.4 Å². The number of pyridine rings is 1. The van der Waals surface area contributed by atoms with E-state index in [1.54, 1.807) is 7.11 Å². The predicted molar refractivity (Wildman–Crippen MR) is 75.0 cm³/mol. The molecule has 0 aliphatic heterocycles.